The Balaban J connectivity index is 2.05. The highest BCUT2D eigenvalue weighted by Crippen LogP contribution is 2.57. The first kappa shape index (κ1) is 5.30. The molecule has 2 aliphatic carbocycles. The van der Waals surface area contributed by atoms with Gasteiger partial charge in [-0.2, -0.15) is 0 Å². The highest BCUT2D eigenvalue weighted by molar-refractivity contribution is 5.86. The van der Waals surface area contributed by atoms with Gasteiger partial charge in [-0.25, -0.2) is 0 Å². The predicted octanol–water partition coefficient (Wildman–Crippen LogP) is 0.609. The summed E-state index contributed by atoms with van der Waals surface area (Å²) < 4.78 is 5.36. The molecule has 3 fully saturated rings. The zero-order valence-corrected chi connectivity index (χ0v) is 5.91. The molecule has 2 bridgehead atoms. The molecule has 1 saturated heterocycles. The van der Waals surface area contributed by atoms with Crippen LogP contribution in [0, 0.1) is 17.8 Å². The molecule has 10 heavy (non-hydrogen) atoms. The maximum absolute atomic E-state index is 11.2. The standard InChI is InChI=1S/C8H10O2/c1-3-4-2-5(9)6(3)8-7(4)10-8/h3-4,6-8H,2H2,1H3. The molecule has 2 nitrogen and oxygen atoms in total. The summed E-state index contributed by atoms with van der Waals surface area (Å²) in [7, 11) is 0. The molecule has 1 aliphatic heterocycles. The highest BCUT2D eigenvalue weighted by Gasteiger charge is 2.66. The molecule has 2 saturated carbocycles. The van der Waals surface area contributed by atoms with E-state index in [9.17, 15) is 4.79 Å². The van der Waals surface area contributed by atoms with Gasteiger partial charge in [0, 0.05) is 12.3 Å². The molecular formula is C8H10O2. The van der Waals surface area contributed by atoms with Crippen LogP contribution in [0.2, 0.25) is 0 Å². The monoisotopic (exact) mass is 138 g/mol. The summed E-state index contributed by atoms with van der Waals surface area (Å²) in [4.78, 5) is 11.2. The van der Waals surface area contributed by atoms with Crippen molar-refractivity contribution in [1.82, 2.24) is 0 Å². The van der Waals surface area contributed by atoms with Crippen LogP contribution in [-0.4, -0.2) is 18.0 Å². The topological polar surface area (TPSA) is 29.6 Å². The lowest BCUT2D eigenvalue weighted by molar-refractivity contribution is -0.121. The number of carbonyl (C=O) groups excluding carboxylic acids is 1. The fourth-order valence-corrected chi connectivity index (χ4v) is 2.78. The first-order valence-corrected chi connectivity index (χ1v) is 3.97. The molecule has 0 aromatic heterocycles. The van der Waals surface area contributed by atoms with Crippen LogP contribution in [0.1, 0.15) is 13.3 Å². The third-order valence-corrected chi connectivity index (χ3v) is 3.39. The molecule has 5 unspecified atom stereocenters. The lowest BCUT2D eigenvalue weighted by atomic mass is 9.99. The van der Waals surface area contributed by atoms with E-state index in [0.717, 1.165) is 6.42 Å². The number of rotatable bonds is 0. The van der Waals surface area contributed by atoms with Gasteiger partial charge in [0.15, 0.2) is 0 Å². The molecule has 0 spiro atoms. The second kappa shape index (κ2) is 1.30. The SMILES string of the molecule is CC1C2CC(=O)C1C1OC21. The average molecular weight is 138 g/mol. The molecule has 2 heteroatoms. The number of epoxide rings is 1. The first-order valence-electron chi connectivity index (χ1n) is 3.97. The Labute approximate surface area is 59.6 Å². The van der Waals surface area contributed by atoms with Gasteiger partial charge < -0.3 is 4.74 Å². The van der Waals surface area contributed by atoms with Gasteiger partial charge in [0.25, 0.3) is 0 Å². The number of Topliss-reactive ketones (excluding diaryl/α,β-unsaturated/α-hetero) is 1. The number of ketones is 1. The zero-order chi connectivity index (χ0) is 6.88. The third-order valence-electron chi connectivity index (χ3n) is 3.39. The highest BCUT2D eigenvalue weighted by atomic mass is 16.6. The third kappa shape index (κ3) is 0.382. The van der Waals surface area contributed by atoms with E-state index in [1.165, 1.54) is 0 Å². The van der Waals surface area contributed by atoms with E-state index in [0.29, 0.717) is 29.8 Å². The summed E-state index contributed by atoms with van der Waals surface area (Å²) in [6.07, 6.45) is 1.63. The summed E-state index contributed by atoms with van der Waals surface area (Å²) in [6, 6.07) is 0. The van der Waals surface area contributed by atoms with Gasteiger partial charge in [0.2, 0.25) is 0 Å². The molecule has 0 amide bonds. The lowest BCUT2D eigenvalue weighted by Gasteiger charge is -2.08. The van der Waals surface area contributed by atoms with Crippen molar-refractivity contribution in [1.29, 1.82) is 0 Å². The summed E-state index contributed by atoms with van der Waals surface area (Å²) in [6.45, 7) is 2.19. The minimum atomic E-state index is 0.287. The van der Waals surface area contributed by atoms with Crippen molar-refractivity contribution in [2.24, 2.45) is 17.8 Å². The molecule has 0 radical (unpaired) electrons. The Morgan fingerprint density at radius 3 is 2.80 bits per heavy atom. The zero-order valence-electron chi connectivity index (χ0n) is 5.91. The number of hydrogen-bond acceptors (Lipinski definition) is 2. The van der Waals surface area contributed by atoms with Crippen LogP contribution >= 0.6 is 0 Å². The van der Waals surface area contributed by atoms with Gasteiger partial charge in [-0.1, -0.05) is 6.92 Å². The van der Waals surface area contributed by atoms with Gasteiger partial charge >= 0.3 is 0 Å². The minimum absolute atomic E-state index is 0.287. The summed E-state index contributed by atoms with van der Waals surface area (Å²) in [5, 5.41) is 0. The Hall–Kier alpha value is -0.370. The van der Waals surface area contributed by atoms with Crippen molar-refractivity contribution in [2.75, 3.05) is 0 Å². The van der Waals surface area contributed by atoms with Crippen LogP contribution in [0.15, 0.2) is 0 Å². The normalized spacial score (nSPS) is 62.9. The summed E-state index contributed by atoms with van der Waals surface area (Å²) in [5.74, 6) is 1.95. The number of hydrogen-bond donors (Lipinski definition) is 0. The van der Waals surface area contributed by atoms with Crippen LogP contribution in [0.5, 0.6) is 0 Å². The molecule has 54 valence electrons. The van der Waals surface area contributed by atoms with Gasteiger partial charge in [-0.3, -0.25) is 4.79 Å². The molecule has 3 rings (SSSR count). The molecule has 0 aromatic rings. The van der Waals surface area contributed by atoms with Crippen LogP contribution in [-0.2, 0) is 9.53 Å². The van der Waals surface area contributed by atoms with E-state index in [1.807, 2.05) is 0 Å². The van der Waals surface area contributed by atoms with Gasteiger partial charge in [-0.15, -0.1) is 0 Å². The second-order valence-electron chi connectivity index (χ2n) is 3.78. The maximum Gasteiger partial charge on any atom is 0.139 e. The van der Waals surface area contributed by atoms with E-state index < -0.39 is 0 Å². The Morgan fingerprint density at radius 1 is 1.50 bits per heavy atom. The quantitative estimate of drug-likeness (QED) is 0.459. The number of fused-ring (bicyclic) bond motifs is 5. The fraction of sp³-hybridized carbons (Fsp3) is 0.875. The lowest BCUT2D eigenvalue weighted by Crippen LogP contribution is -2.17. The fourth-order valence-electron chi connectivity index (χ4n) is 2.78. The van der Waals surface area contributed by atoms with Crippen molar-refractivity contribution in [3.8, 4) is 0 Å². The maximum atomic E-state index is 11.2. The molecule has 3 aliphatic rings. The van der Waals surface area contributed by atoms with E-state index in [4.69, 9.17) is 4.74 Å². The van der Waals surface area contributed by atoms with Crippen LogP contribution in [0.3, 0.4) is 0 Å². The van der Waals surface area contributed by atoms with E-state index in [-0.39, 0.29) is 5.92 Å². The average Bonchev–Trinajstić information content (AvgIpc) is 2.55. The van der Waals surface area contributed by atoms with Crippen LogP contribution in [0.25, 0.3) is 0 Å². The van der Waals surface area contributed by atoms with Crippen molar-refractivity contribution in [2.45, 2.75) is 25.6 Å². The minimum Gasteiger partial charge on any atom is -0.368 e. The Morgan fingerprint density at radius 2 is 2.30 bits per heavy atom. The van der Waals surface area contributed by atoms with Crippen LogP contribution < -0.4 is 0 Å². The molecule has 0 N–H and O–H groups in total. The largest absolute Gasteiger partial charge is 0.368 e. The van der Waals surface area contributed by atoms with Crippen molar-refractivity contribution < 1.29 is 9.53 Å². The van der Waals surface area contributed by atoms with E-state index in [2.05, 4.69) is 6.92 Å². The molecule has 0 aromatic carbocycles. The number of carbonyl (C=O) groups is 1. The van der Waals surface area contributed by atoms with Gasteiger partial charge in [0.05, 0.1) is 12.2 Å². The Bertz CT molecular complexity index is 211. The van der Waals surface area contributed by atoms with Crippen molar-refractivity contribution in [3.05, 3.63) is 0 Å². The predicted molar refractivity (Wildman–Crippen MR) is 34.4 cm³/mol. The second-order valence-corrected chi connectivity index (χ2v) is 3.78. The van der Waals surface area contributed by atoms with E-state index >= 15 is 0 Å². The van der Waals surface area contributed by atoms with Gasteiger partial charge in [-0.05, 0) is 11.8 Å². The number of ether oxygens (including phenoxy) is 1. The van der Waals surface area contributed by atoms with Crippen molar-refractivity contribution >= 4 is 5.78 Å². The molecule has 5 atom stereocenters. The summed E-state index contributed by atoms with van der Waals surface area (Å²) in [5.41, 5.74) is 0. The summed E-state index contributed by atoms with van der Waals surface area (Å²) >= 11 is 0. The van der Waals surface area contributed by atoms with Gasteiger partial charge in [0.1, 0.15) is 5.78 Å². The molecule has 1 heterocycles. The Kier molecular flexibility index (Phi) is 0.691. The smallest absolute Gasteiger partial charge is 0.139 e. The first-order chi connectivity index (χ1) is 4.79. The molecular weight excluding hydrogens is 128 g/mol. The van der Waals surface area contributed by atoms with Crippen molar-refractivity contribution in [3.63, 3.8) is 0 Å². The van der Waals surface area contributed by atoms with E-state index in [1.54, 1.807) is 0 Å². The van der Waals surface area contributed by atoms with Crippen LogP contribution in [0.4, 0.5) is 0 Å².